The van der Waals surface area contributed by atoms with Crippen LogP contribution in [-0.2, 0) is 13.0 Å². The zero-order valence-corrected chi connectivity index (χ0v) is 12.0. The van der Waals surface area contributed by atoms with Crippen LogP contribution in [0.5, 0.6) is 0 Å². The van der Waals surface area contributed by atoms with Crippen molar-refractivity contribution in [2.24, 2.45) is 0 Å². The van der Waals surface area contributed by atoms with E-state index in [0.717, 1.165) is 18.5 Å². The second-order valence-electron chi connectivity index (χ2n) is 5.34. The molecule has 0 atom stereocenters. The number of ketones is 1. The normalized spacial score (nSPS) is 13.0. The van der Waals surface area contributed by atoms with Gasteiger partial charge in [-0.3, -0.25) is 19.7 Å². The number of rotatable bonds is 3. The molecule has 2 heterocycles. The highest BCUT2D eigenvalue weighted by atomic mass is 16.6. The smallest absolute Gasteiger partial charge is 0.269 e. The number of nitrogens with zero attached hydrogens (tertiary/aromatic N) is 2. The zero-order valence-electron chi connectivity index (χ0n) is 12.0. The van der Waals surface area contributed by atoms with Crippen LogP contribution in [0.3, 0.4) is 0 Å². The first-order chi connectivity index (χ1) is 10.5. The van der Waals surface area contributed by atoms with E-state index in [0.29, 0.717) is 23.2 Å². The van der Waals surface area contributed by atoms with E-state index in [2.05, 4.69) is 0 Å². The Morgan fingerprint density at radius 3 is 2.55 bits per heavy atom. The molecule has 0 N–H and O–H groups in total. The highest BCUT2D eigenvalue weighted by Gasteiger charge is 2.22. The summed E-state index contributed by atoms with van der Waals surface area (Å²) in [5.74, 6) is -0.0752. The number of non-ortho nitro benzene ring substituents is 1. The van der Waals surface area contributed by atoms with Crippen LogP contribution in [0.15, 0.2) is 35.1 Å². The SMILES string of the molecule is CC(=O)c1cc(-c2ccc([N+](=O)[O-])cc2)c(=O)n2c1CCC2. The van der Waals surface area contributed by atoms with Crippen LogP contribution in [0.1, 0.15) is 29.4 Å². The van der Waals surface area contributed by atoms with Crippen molar-refractivity contribution in [1.29, 1.82) is 0 Å². The Morgan fingerprint density at radius 1 is 1.27 bits per heavy atom. The molecule has 1 aliphatic rings. The van der Waals surface area contributed by atoms with Crippen molar-refractivity contribution < 1.29 is 9.72 Å². The minimum Gasteiger partial charge on any atom is -0.311 e. The molecule has 0 radical (unpaired) electrons. The Hall–Kier alpha value is -2.76. The molecule has 0 saturated heterocycles. The van der Waals surface area contributed by atoms with Gasteiger partial charge in [-0.15, -0.1) is 0 Å². The number of benzene rings is 1. The van der Waals surface area contributed by atoms with E-state index in [1.807, 2.05) is 0 Å². The van der Waals surface area contributed by atoms with E-state index >= 15 is 0 Å². The Labute approximate surface area is 126 Å². The molecule has 1 aromatic carbocycles. The van der Waals surface area contributed by atoms with Crippen LogP contribution in [0.2, 0.25) is 0 Å². The zero-order chi connectivity index (χ0) is 15.9. The highest BCUT2D eigenvalue weighted by Crippen LogP contribution is 2.25. The molecule has 0 bridgehead atoms. The summed E-state index contributed by atoms with van der Waals surface area (Å²) in [4.78, 5) is 34.6. The van der Waals surface area contributed by atoms with Gasteiger partial charge in [-0.25, -0.2) is 0 Å². The molecule has 22 heavy (non-hydrogen) atoms. The summed E-state index contributed by atoms with van der Waals surface area (Å²) in [5, 5.41) is 10.7. The molecular formula is C16H14N2O4. The molecule has 6 heteroatoms. The van der Waals surface area contributed by atoms with Gasteiger partial charge in [0.15, 0.2) is 5.78 Å². The molecule has 1 aromatic heterocycles. The van der Waals surface area contributed by atoms with Crippen LogP contribution >= 0.6 is 0 Å². The summed E-state index contributed by atoms with van der Waals surface area (Å²) >= 11 is 0. The average Bonchev–Trinajstić information content (AvgIpc) is 2.97. The maximum absolute atomic E-state index is 12.6. The summed E-state index contributed by atoms with van der Waals surface area (Å²) in [5.41, 5.74) is 2.17. The largest absolute Gasteiger partial charge is 0.311 e. The summed E-state index contributed by atoms with van der Waals surface area (Å²) in [6.45, 7) is 2.09. The van der Waals surface area contributed by atoms with Gasteiger partial charge in [0.25, 0.3) is 11.2 Å². The van der Waals surface area contributed by atoms with E-state index in [1.54, 1.807) is 22.8 Å². The van der Waals surface area contributed by atoms with E-state index in [-0.39, 0.29) is 17.0 Å². The van der Waals surface area contributed by atoms with Crippen LogP contribution in [0.4, 0.5) is 5.69 Å². The third kappa shape index (κ3) is 2.22. The van der Waals surface area contributed by atoms with E-state index in [1.165, 1.54) is 19.1 Å². The number of nitro benzene ring substituents is 1. The van der Waals surface area contributed by atoms with Gasteiger partial charge in [0.2, 0.25) is 0 Å². The average molecular weight is 298 g/mol. The fourth-order valence-corrected chi connectivity index (χ4v) is 2.89. The van der Waals surface area contributed by atoms with Crippen LogP contribution in [0, 0.1) is 10.1 Å². The van der Waals surface area contributed by atoms with Crippen LogP contribution in [0.25, 0.3) is 11.1 Å². The standard InChI is InChI=1S/C16H14N2O4/c1-10(19)13-9-14(16(20)17-8-2-3-15(13)17)11-4-6-12(7-5-11)18(21)22/h4-7,9H,2-3,8H2,1H3. The number of pyridine rings is 1. The maximum atomic E-state index is 12.6. The molecular weight excluding hydrogens is 284 g/mol. The number of Topliss-reactive ketones (excluding diaryl/α,β-unsaturated/α-hetero) is 1. The molecule has 0 saturated carbocycles. The molecule has 0 amide bonds. The summed E-state index contributed by atoms with van der Waals surface area (Å²) < 4.78 is 1.65. The first-order valence-corrected chi connectivity index (χ1v) is 7.01. The lowest BCUT2D eigenvalue weighted by molar-refractivity contribution is -0.384. The number of fused-ring (bicyclic) bond motifs is 1. The van der Waals surface area contributed by atoms with Crippen LogP contribution < -0.4 is 5.56 Å². The topological polar surface area (TPSA) is 82.2 Å². The van der Waals surface area contributed by atoms with Crippen molar-refractivity contribution in [2.45, 2.75) is 26.3 Å². The van der Waals surface area contributed by atoms with Crippen molar-refractivity contribution in [1.82, 2.24) is 4.57 Å². The Balaban J connectivity index is 2.19. The van der Waals surface area contributed by atoms with E-state index < -0.39 is 4.92 Å². The number of carbonyl (C=O) groups is 1. The van der Waals surface area contributed by atoms with Gasteiger partial charge < -0.3 is 4.57 Å². The molecule has 0 aliphatic carbocycles. The lowest BCUT2D eigenvalue weighted by Gasteiger charge is -2.11. The molecule has 0 fully saturated rings. The third-order valence-corrected chi connectivity index (χ3v) is 3.96. The van der Waals surface area contributed by atoms with Crippen molar-refractivity contribution in [3.63, 3.8) is 0 Å². The number of nitro groups is 1. The molecule has 2 aromatic rings. The Bertz CT molecular complexity index is 834. The van der Waals surface area contributed by atoms with Gasteiger partial charge in [0.05, 0.1) is 4.92 Å². The highest BCUT2D eigenvalue weighted by molar-refractivity contribution is 5.96. The number of carbonyl (C=O) groups excluding carboxylic acids is 1. The van der Waals surface area contributed by atoms with Crippen molar-refractivity contribution in [3.8, 4) is 11.1 Å². The third-order valence-electron chi connectivity index (χ3n) is 3.96. The van der Waals surface area contributed by atoms with Gasteiger partial charge >= 0.3 is 0 Å². The van der Waals surface area contributed by atoms with Gasteiger partial charge in [-0.1, -0.05) is 0 Å². The second kappa shape index (κ2) is 5.22. The molecule has 0 spiro atoms. The van der Waals surface area contributed by atoms with Gasteiger partial charge in [0, 0.05) is 35.5 Å². The molecule has 112 valence electrons. The predicted molar refractivity (Wildman–Crippen MR) is 81.1 cm³/mol. The first-order valence-electron chi connectivity index (χ1n) is 7.01. The number of hydrogen-bond acceptors (Lipinski definition) is 4. The Morgan fingerprint density at radius 2 is 1.95 bits per heavy atom. The van der Waals surface area contributed by atoms with Gasteiger partial charge in [-0.2, -0.15) is 0 Å². The fourth-order valence-electron chi connectivity index (χ4n) is 2.89. The van der Waals surface area contributed by atoms with E-state index in [4.69, 9.17) is 0 Å². The van der Waals surface area contributed by atoms with Gasteiger partial charge in [0.1, 0.15) is 0 Å². The Kier molecular flexibility index (Phi) is 3.36. The van der Waals surface area contributed by atoms with Crippen molar-refractivity contribution in [2.75, 3.05) is 0 Å². The second-order valence-corrected chi connectivity index (χ2v) is 5.34. The molecule has 3 rings (SSSR count). The minimum atomic E-state index is -0.486. The predicted octanol–water partition coefficient (Wildman–Crippen LogP) is 2.57. The van der Waals surface area contributed by atoms with Crippen LogP contribution in [-0.4, -0.2) is 15.3 Å². The van der Waals surface area contributed by atoms with E-state index in [9.17, 15) is 19.7 Å². The summed E-state index contributed by atoms with van der Waals surface area (Å²) in [6.07, 6.45) is 1.57. The maximum Gasteiger partial charge on any atom is 0.269 e. The molecule has 0 unspecified atom stereocenters. The summed E-state index contributed by atoms with van der Waals surface area (Å²) in [7, 11) is 0. The first kappa shape index (κ1) is 14.2. The molecule has 1 aliphatic heterocycles. The monoisotopic (exact) mass is 298 g/mol. The van der Waals surface area contributed by atoms with Gasteiger partial charge in [-0.05, 0) is 43.5 Å². The minimum absolute atomic E-state index is 0.0307. The quantitative estimate of drug-likeness (QED) is 0.495. The number of hydrogen-bond donors (Lipinski definition) is 0. The van der Waals surface area contributed by atoms with Crippen molar-refractivity contribution >= 4 is 11.5 Å². The summed E-state index contributed by atoms with van der Waals surface area (Å²) in [6, 6.07) is 7.42. The fraction of sp³-hybridized carbons (Fsp3) is 0.250. The number of aromatic nitrogens is 1. The molecule has 6 nitrogen and oxygen atoms in total. The lowest BCUT2D eigenvalue weighted by Crippen LogP contribution is -2.23. The lowest BCUT2D eigenvalue weighted by atomic mass is 10.0. The van der Waals surface area contributed by atoms with Crippen molar-refractivity contribution in [3.05, 3.63) is 62.1 Å².